The second kappa shape index (κ2) is 5.26. The Kier molecular flexibility index (Phi) is 3.30. The smallest absolute Gasteiger partial charge is 0.280 e. The Bertz CT molecular complexity index is 893. The summed E-state index contributed by atoms with van der Waals surface area (Å²) in [6.45, 7) is 2.08. The molecule has 1 aromatic carbocycles. The van der Waals surface area contributed by atoms with Crippen LogP contribution in [0, 0.1) is 6.92 Å². The van der Waals surface area contributed by atoms with E-state index in [-0.39, 0.29) is 11.1 Å². The zero-order chi connectivity index (χ0) is 16.9. The lowest BCUT2D eigenvalue weighted by Crippen LogP contribution is -2.10. The van der Waals surface area contributed by atoms with Crippen LogP contribution in [0.4, 0.5) is 8.78 Å². The number of hydrogen-bond donors (Lipinski definition) is 0. The maximum absolute atomic E-state index is 12.9. The Labute approximate surface area is 138 Å². The van der Waals surface area contributed by atoms with Crippen molar-refractivity contribution in [1.82, 2.24) is 14.8 Å². The number of alkyl halides is 2. The van der Waals surface area contributed by atoms with E-state index in [4.69, 9.17) is 4.42 Å². The number of oxazole rings is 1. The Hall–Kier alpha value is -2.50. The van der Waals surface area contributed by atoms with Crippen LogP contribution in [0.2, 0.25) is 0 Å². The molecule has 0 amide bonds. The Morgan fingerprint density at radius 3 is 2.62 bits per heavy atom. The molecule has 0 bridgehead atoms. The number of nitrogens with zero attached hydrogens (tertiary/aromatic N) is 3. The van der Waals surface area contributed by atoms with Crippen LogP contribution in [0.25, 0.3) is 11.5 Å². The van der Waals surface area contributed by atoms with Crippen LogP contribution >= 0.6 is 0 Å². The van der Waals surface area contributed by atoms with Crippen molar-refractivity contribution >= 4 is 0 Å². The Morgan fingerprint density at radius 1 is 1.25 bits per heavy atom. The second-order valence-electron chi connectivity index (χ2n) is 6.31. The lowest BCUT2D eigenvalue weighted by atomic mass is 9.92. The third-order valence-corrected chi connectivity index (χ3v) is 4.72. The van der Waals surface area contributed by atoms with Gasteiger partial charge in [0.25, 0.3) is 6.43 Å². The average molecular weight is 329 g/mol. The molecule has 0 saturated heterocycles. The molecule has 24 heavy (non-hydrogen) atoms. The lowest BCUT2D eigenvalue weighted by molar-refractivity contribution is 0.141. The Balaban J connectivity index is 1.71. The van der Waals surface area contributed by atoms with Crippen molar-refractivity contribution in [2.75, 3.05) is 0 Å². The fourth-order valence-electron chi connectivity index (χ4n) is 3.25. The number of halogens is 2. The molecule has 4 rings (SSSR count). The predicted molar refractivity (Wildman–Crippen MR) is 84.9 cm³/mol. The van der Waals surface area contributed by atoms with Gasteiger partial charge in [0.1, 0.15) is 11.4 Å². The van der Waals surface area contributed by atoms with Crippen LogP contribution < -0.4 is 0 Å². The van der Waals surface area contributed by atoms with Crippen LogP contribution in [-0.2, 0) is 12.5 Å². The van der Waals surface area contributed by atoms with Gasteiger partial charge in [-0.2, -0.15) is 5.10 Å². The number of benzene rings is 1. The topological polar surface area (TPSA) is 43.9 Å². The third-order valence-electron chi connectivity index (χ3n) is 4.72. The van der Waals surface area contributed by atoms with Gasteiger partial charge in [-0.25, -0.2) is 13.8 Å². The molecule has 0 spiro atoms. The van der Waals surface area contributed by atoms with Crippen molar-refractivity contribution in [3.05, 3.63) is 59.2 Å². The molecule has 2 heterocycles. The van der Waals surface area contributed by atoms with Crippen molar-refractivity contribution in [2.45, 2.75) is 31.6 Å². The van der Waals surface area contributed by atoms with Gasteiger partial charge in [0, 0.05) is 7.05 Å². The molecule has 3 aromatic rings. The van der Waals surface area contributed by atoms with Gasteiger partial charge in [-0.15, -0.1) is 0 Å². The first kappa shape index (κ1) is 15.1. The van der Waals surface area contributed by atoms with Crippen LogP contribution in [0.1, 0.15) is 42.0 Å². The van der Waals surface area contributed by atoms with E-state index in [1.165, 1.54) is 28.9 Å². The molecule has 124 valence electrons. The lowest BCUT2D eigenvalue weighted by Gasteiger charge is -2.14. The number of rotatable bonds is 4. The number of aryl methyl sites for hydroxylation is 2. The molecule has 1 fully saturated rings. The maximum Gasteiger partial charge on any atom is 0.280 e. The molecule has 0 radical (unpaired) electrons. The molecule has 0 aliphatic heterocycles. The van der Waals surface area contributed by atoms with E-state index in [0.717, 1.165) is 12.8 Å². The zero-order valence-electron chi connectivity index (χ0n) is 13.5. The highest BCUT2D eigenvalue weighted by atomic mass is 19.3. The molecular weight excluding hydrogens is 312 g/mol. The first-order valence-corrected chi connectivity index (χ1v) is 7.86. The average Bonchev–Trinajstić information content (AvgIpc) is 3.02. The van der Waals surface area contributed by atoms with Gasteiger partial charge in [0.05, 0.1) is 11.6 Å². The summed E-state index contributed by atoms with van der Waals surface area (Å²) in [6, 6.07) is 9.55. The molecular formula is C18H17F2N3O. The second-order valence-corrected chi connectivity index (χ2v) is 6.31. The van der Waals surface area contributed by atoms with E-state index < -0.39 is 6.43 Å². The minimum Gasteiger partial charge on any atom is -0.438 e. The normalized spacial score (nSPS) is 15.9. The highest BCUT2D eigenvalue weighted by molar-refractivity contribution is 5.53. The van der Waals surface area contributed by atoms with Gasteiger partial charge in [-0.05, 0) is 37.0 Å². The van der Waals surface area contributed by atoms with Gasteiger partial charge in [0.15, 0.2) is 5.76 Å². The van der Waals surface area contributed by atoms with Gasteiger partial charge < -0.3 is 4.42 Å². The number of hydrogen-bond acceptors (Lipinski definition) is 3. The molecule has 0 atom stereocenters. The maximum atomic E-state index is 12.9. The first-order chi connectivity index (χ1) is 11.5. The monoisotopic (exact) mass is 329 g/mol. The Morgan fingerprint density at radius 2 is 2.00 bits per heavy atom. The summed E-state index contributed by atoms with van der Waals surface area (Å²) in [5, 5.41) is 4.11. The number of aromatic nitrogens is 3. The van der Waals surface area contributed by atoms with Crippen molar-refractivity contribution in [2.24, 2.45) is 7.05 Å². The fraction of sp³-hybridized carbons (Fsp3) is 0.333. The highest BCUT2D eigenvalue weighted by Crippen LogP contribution is 2.54. The van der Waals surface area contributed by atoms with E-state index in [2.05, 4.69) is 29.1 Å². The largest absolute Gasteiger partial charge is 0.438 e. The molecule has 2 aromatic heterocycles. The fourth-order valence-corrected chi connectivity index (χ4v) is 3.25. The van der Waals surface area contributed by atoms with Crippen molar-refractivity contribution in [3.8, 4) is 11.5 Å². The zero-order valence-corrected chi connectivity index (χ0v) is 13.5. The van der Waals surface area contributed by atoms with Gasteiger partial charge >= 0.3 is 0 Å². The van der Waals surface area contributed by atoms with Crippen LogP contribution in [0.5, 0.6) is 0 Å². The summed E-state index contributed by atoms with van der Waals surface area (Å²) in [5.74, 6) is 1.06. The van der Waals surface area contributed by atoms with Crippen LogP contribution in [0.15, 0.2) is 40.9 Å². The van der Waals surface area contributed by atoms with E-state index in [9.17, 15) is 8.78 Å². The minimum atomic E-state index is -2.57. The van der Waals surface area contributed by atoms with Gasteiger partial charge in [-0.3, -0.25) is 4.68 Å². The van der Waals surface area contributed by atoms with Crippen LogP contribution in [0.3, 0.4) is 0 Å². The third kappa shape index (κ3) is 2.25. The molecule has 1 aliphatic rings. The van der Waals surface area contributed by atoms with E-state index >= 15 is 0 Å². The molecule has 1 aliphatic carbocycles. The minimum absolute atomic E-state index is 0.136. The van der Waals surface area contributed by atoms with Gasteiger partial charge in [-0.1, -0.05) is 24.3 Å². The van der Waals surface area contributed by atoms with Crippen LogP contribution in [-0.4, -0.2) is 14.8 Å². The molecule has 0 unspecified atom stereocenters. The summed E-state index contributed by atoms with van der Waals surface area (Å²) >= 11 is 0. The summed E-state index contributed by atoms with van der Waals surface area (Å²) in [7, 11) is 1.50. The summed E-state index contributed by atoms with van der Waals surface area (Å²) < 4.78 is 32.9. The SMILES string of the molecule is Cc1ccccc1C1(c2ncc(-c3cc(C(F)F)n(C)n3)o2)CC1. The summed E-state index contributed by atoms with van der Waals surface area (Å²) in [5.41, 5.74) is 2.47. The van der Waals surface area contributed by atoms with Gasteiger partial charge in [0.2, 0.25) is 5.89 Å². The van der Waals surface area contributed by atoms with E-state index in [1.807, 2.05) is 12.1 Å². The molecule has 0 N–H and O–H groups in total. The summed E-state index contributed by atoms with van der Waals surface area (Å²) in [4.78, 5) is 4.42. The van der Waals surface area contributed by atoms with E-state index in [1.54, 1.807) is 6.20 Å². The predicted octanol–water partition coefficient (Wildman–Crippen LogP) is 4.40. The van der Waals surface area contributed by atoms with Crippen molar-refractivity contribution in [3.63, 3.8) is 0 Å². The van der Waals surface area contributed by atoms with E-state index in [0.29, 0.717) is 17.3 Å². The first-order valence-electron chi connectivity index (χ1n) is 7.86. The van der Waals surface area contributed by atoms with Crippen molar-refractivity contribution in [1.29, 1.82) is 0 Å². The molecule has 1 saturated carbocycles. The quantitative estimate of drug-likeness (QED) is 0.712. The standard InChI is InChI=1S/C18H17F2N3O/c1-11-5-3-4-6-12(11)18(7-8-18)17-21-10-15(24-17)13-9-14(16(19)20)23(2)22-13/h3-6,9-10,16H,7-8H2,1-2H3. The molecule has 6 heteroatoms. The summed E-state index contributed by atoms with van der Waals surface area (Å²) in [6.07, 6.45) is 0.955. The van der Waals surface area contributed by atoms with Crippen molar-refractivity contribution < 1.29 is 13.2 Å². The highest BCUT2D eigenvalue weighted by Gasteiger charge is 2.51. The molecule has 4 nitrogen and oxygen atoms in total.